The first-order chi connectivity index (χ1) is 8.63. The number of benzene rings is 1. The van der Waals surface area contributed by atoms with Gasteiger partial charge in [-0.25, -0.2) is 0 Å². The lowest BCUT2D eigenvalue weighted by Crippen LogP contribution is -2.07. The summed E-state index contributed by atoms with van der Waals surface area (Å²) in [6, 6.07) is 5.07. The molecular weight excluding hydrogens is 275 g/mol. The van der Waals surface area contributed by atoms with E-state index in [9.17, 15) is 4.79 Å². The topological polar surface area (TPSA) is 35.5 Å². The van der Waals surface area contributed by atoms with Crippen LogP contribution in [0.3, 0.4) is 0 Å². The third-order valence-electron chi connectivity index (χ3n) is 2.15. The smallest absolute Gasteiger partial charge is 0.305 e. The zero-order valence-corrected chi connectivity index (χ0v) is 11.8. The van der Waals surface area contributed by atoms with Crippen molar-refractivity contribution in [2.75, 3.05) is 13.2 Å². The minimum Gasteiger partial charge on any atom is -0.494 e. The number of esters is 1. The summed E-state index contributed by atoms with van der Waals surface area (Å²) in [5, 5.41) is 0.948. The van der Waals surface area contributed by atoms with Crippen LogP contribution in [0.1, 0.15) is 26.2 Å². The van der Waals surface area contributed by atoms with Crippen LogP contribution >= 0.6 is 23.2 Å². The molecule has 0 saturated heterocycles. The predicted molar refractivity (Wildman–Crippen MR) is 72.4 cm³/mol. The zero-order valence-electron chi connectivity index (χ0n) is 10.2. The van der Waals surface area contributed by atoms with Crippen LogP contribution in [0.15, 0.2) is 18.2 Å². The van der Waals surface area contributed by atoms with Crippen molar-refractivity contribution < 1.29 is 14.3 Å². The highest BCUT2D eigenvalue weighted by atomic mass is 35.5. The first kappa shape index (κ1) is 15.1. The number of rotatable bonds is 7. The molecule has 0 spiro atoms. The molecule has 0 aromatic heterocycles. The second kappa shape index (κ2) is 8.22. The fourth-order valence-corrected chi connectivity index (χ4v) is 1.55. The van der Waals surface area contributed by atoms with Gasteiger partial charge in [-0.1, -0.05) is 30.1 Å². The maximum atomic E-state index is 11.2. The summed E-state index contributed by atoms with van der Waals surface area (Å²) in [5.41, 5.74) is 0. The maximum absolute atomic E-state index is 11.2. The van der Waals surface area contributed by atoms with Crippen LogP contribution in [0.4, 0.5) is 0 Å². The summed E-state index contributed by atoms with van der Waals surface area (Å²) in [6.45, 7) is 2.88. The summed E-state index contributed by atoms with van der Waals surface area (Å²) in [5.74, 6) is 0.459. The van der Waals surface area contributed by atoms with Crippen molar-refractivity contribution in [1.82, 2.24) is 0 Å². The Morgan fingerprint density at radius 1 is 1.22 bits per heavy atom. The second-order valence-corrected chi connectivity index (χ2v) is 4.56. The quantitative estimate of drug-likeness (QED) is 0.560. The van der Waals surface area contributed by atoms with E-state index >= 15 is 0 Å². The van der Waals surface area contributed by atoms with Gasteiger partial charge in [-0.3, -0.25) is 4.79 Å². The minimum absolute atomic E-state index is 0.186. The number of ether oxygens (including phenoxy) is 2. The van der Waals surface area contributed by atoms with Gasteiger partial charge in [0.25, 0.3) is 0 Å². The van der Waals surface area contributed by atoms with Crippen LogP contribution in [0.2, 0.25) is 10.0 Å². The molecule has 1 aromatic rings. The Bertz CT molecular complexity index is 394. The molecule has 0 aliphatic carbocycles. The molecule has 0 N–H and O–H groups in total. The highest BCUT2D eigenvalue weighted by Gasteiger charge is 2.03. The molecule has 0 aliphatic heterocycles. The Morgan fingerprint density at radius 2 is 2.00 bits per heavy atom. The average molecular weight is 291 g/mol. The standard InChI is InChI=1S/C13H16Cl2O3/c1-2-7-18-13(16)4-3-8-17-10-5-6-11(14)12(15)9-10/h5-6,9H,2-4,7-8H2,1H3. The molecule has 5 heteroatoms. The largest absolute Gasteiger partial charge is 0.494 e. The SMILES string of the molecule is CCCOC(=O)CCCOc1ccc(Cl)c(Cl)c1. The van der Waals surface area contributed by atoms with E-state index in [-0.39, 0.29) is 5.97 Å². The number of hydrogen-bond donors (Lipinski definition) is 0. The maximum Gasteiger partial charge on any atom is 0.305 e. The first-order valence-corrected chi connectivity index (χ1v) is 6.62. The molecule has 0 unspecified atom stereocenters. The van der Waals surface area contributed by atoms with Gasteiger partial charge in [0.2, 0.25) is 0 Å². The Balaban J connectivity index is 2.21. The van der Waals surface area contributed by atoms with Gasteiger partial charge in [-0.15, -0.1) is 0 Å². The second-order valence-electron chi connectivity index (χ2n) is 3.75. The fraction of sp³-hybridized carbons (Fsp3) is 0.462. The van der Waals surface area contributed by atoms with Crippen molar-refractivity contribution in [3.63, 3.8) is 0 Å². The molecule has 0 radical (unpaired) electrons. The van der Waals surface area contributed by atoms with Gasteiger partial charge in [0, 0.05) is 12.5 Å². The van der Waals surface area contributed by atoms with Gasteiger partial charge in [-0.2, -0.15) is 0 Å². The van der Waals surface area contributed by atoms with Crippen molar-refractivity contribution in [3.8, 4) is 5.75 Å². The summed E-state index contributed by atoms with van der Waals surface area (Å²) in [4.78, 5) is 11.2. The third-order valence-corrected chi connectivity index (χ3v) is 2.89. The van der Waals surface area contributed by atoms with Gasteiger partial charge >= 0.3 is 5.97 Å². The van der Waals surface area contributed by atoms with Crippen LogP contribution in [-0.4, -0.2) is 19.2 Å². The molecule has 100 valence electrons. The number of halogens is 2. The van der Waals surface area contributed by atoms with E-state index in [1.807, 2.05) is 6.92 Å². The summed E-state index contributed by atoms with van der Waals surface area (Å²) in [6.07, 6.45) is 1.82. The molecule has 1 rings (SSSR count). The molecule has 0 bridgehead atoms. The van der Waals surface area contributed by atoms with Crippen molar-refractivity contribution in [1.29, 1.82) is 0 Å². The van der Waals surface area contributed by atoms with Crippen LogP contribution in [0.25, 0.3) is 0 Å². The van der Waals surface area contributed by atoms with Crippen molar-refractivity contribution in [3.05, 3.63) is 28.2 Å². The van der Waals surface area contributed by atoms with Gasteiger partial charge < -0.3 is 9.47 Å². The van der Waals surface area contributed by atoms with Crippen LogP contribution in [-0.2, 0) is 9.53 Å². The van der Waals surface area contributed by atoms with E-state index in [2.05, 4.69) is 0 Å². The van der Waals surface area contributed by atoms with Crippen LogP contribution in [0.5, 0.6) is 5.75 Å². The number of hydrogen-bond acceptors (Lipinski definition) is 3. The summed E-state index contributed by atoms with van der Waals surface area (Å²) >= 11 is 11.6. The average Bonchev–Trinajstić information content (AvgIpc) is 2.36. The Kier molecular flexibility index (Phi) is 6.91. The summed E-state index contributed by atoms with van der Waals surface area (Å²) in [7, 11) is 0. The van der Waals surface area contributed by atoms with E-state index in [0.29, 0.717) is 41.9 Å². The zero-order chi connectivity index (χ0) is 13.4. The highest BCUT2D eigenvalue weighted by Crippen LogP contribution is 2.26. The molecule has 0 saturated carbocycles. The van der Waals surface area contributed by atoms with Crippen LogP contribution < -0.4 is 4.74 Å². The molecule has 0 atom stereocenters. The Morgan fingerprint density at radius 3 is 2.67 bits per heavy atom. The normalized spacial score (nSPS) is 10.2. The number of carbonyl (C=O) groups excluding carboxylic acids is 1. The lowest BCUT2D eigenvalue weighted by molar-refractivity contribution is -0.143. The third kappa shape index (κ3) is 5.61. The molecule has 0 aliphatic rings. The number of carbonyl (C=O) groups is 1. The monoisotopic (exact) mass is 290 g/mol. The molecule has 18 heavy (non-hydrogen) atoms. The summed E-state index contributed by atoms with van der Waals surface area (Å²) < 4.78 is 10.4. The molecular formula is C13H16Cl2O3. The molecule has 1 aromatic carbocycles. The highest BCUT2D eigenvalue weighted by molar-refractivity contribution is 6.42. The molecule has 0 heterocycles. The van der Waals surface area contributed by atoms with Gasteiger partial charge in [0.15, 0.2) is 0 Å². The molecule has 0 amide bonds. The van der Waals surface area contributed by atoms with Crippen molar-refractivity contribution >= 4 is 29.2 Å². The Labute approximate surface area is 117 Å². The predicted octanol–water partition coefficient (Wildman–Crippen LogP) is 4.11. The van der Waals surface area contributed by atoms with Crippen molar-refractivity contribution in [2.45, 2.75) is 26.2 Å². The lowest BCUT2D eigenvalue weighted by atomic mass is 10.3. The molecule has 0 fully saturated rings. The fourth-order valence-electron chi connectivity index (χ4n) is 1.26. The van der Waals surface area contributed by atoms with E-state index in [0.717, 1.165) is 6.42 Å². The van der Waals surface area contributed by atoms with Gasteiger partial charge in [0.05, 0.1) is 23.3 Å². The Hall–Kier alpha value is -0.930. The lowest BCUT2D eigenvalue weighted by Gasteiger charge is -2.07. The van der Waals surface area contributed by atoms with E-state index in [1.165, 1.54) is 0 Å². The van der Waals surface area contributed by atoms with E-state index in [1.54, 1.807) is 18.2 Å². The van der Waals surface area contributed by atoms with E-state index < -0.39 is 0 Å². The van der Waals surface area contributed by atoms with Gasteiger partial charge in [0.1, 0.15) is 5.75 Å². The minimum atomic E-state index is -0.186. The molecule has 3 nitrogen and oxygen atoms in total. The van der Waals surface area contributed by atoms with Crippen molar-refractivity contribution in [2.24, 2.45) is 0 Å². The van der Waals surface area contributed by atoms with Gasteiger partial charge in [-0.05, 0) is 25.0 Å². The van der Waals surface area contributed by atoms with E-state index in [4.69, 9.17) is 32.7 Å². The van der Waals surface area contributed by atoms with Crippen LogP contribution in [0, 0.1) is 0 Å². The first-order valence-electron chi connectivity index (χ1n) is 5.87.